The number of carboxylic acid groups (broad SMARTS) is 1. The Labute approximate surface area is 95.2 Å². The summed E-state index contributed by atoms with van der Waals surface area (Å²) in [6, 6.07) is -0.529. The predicted molar refractivity (Wildman–Crippen MR) is 59.9 cm³/mol. The first-order chi connectivity index (χ1) is 6.80. The molecule has 0 aliphatic carbocycles. The normalized spacial score (nSPS) is 18.3. The molecule has 0 fully saturated rings. The molecule has 1 aliphatic heterocycles. The maximum absolute atomic E-state index is 11.0. The molecule has 0 aromatic heterocycles. The number of nitrogens with zero attached hydrogens (tertiary/aromatic N) is 1. The molecule has 1 rings (SSSR count). The summed E-state index contributed by atoms with van der Waals surface area (Å²) in [5.41, 5.74) is 1.03. The fourth-order valence-electron chi connectivity index (χ4n) is 1.54. The van der Waals surface area contributed by atoms with E-state index in [1.165, 1.54) is 0 Å². The van der Waals surface area contributed by atoms with Gasteiger partial charge in [-0.05, 0) is 5.57 Å². The average molecular weight is 228 g/mol. The van der Waals surface area contributed by atoms with Gasteiger partial charge in [0.2, 0.25) is 0 Å². The van der Waals surface area contributed by atoms with Crippen LogP contribution >= 0.6 is 12.2 Å². The Kier molecular flexibility index (Phi) is 3.46. The maximum Gasteiger partial charge on any atom is 0.132 e. The summed E-state index contributed by atoms with van der Waals surface area (Å²) < 4.78 is 0.354. The molecule has 0 bridgehead atoms. The van der Waals surface area contributed by atoms with Crippen LogP contribution in [0, 0.1) is 0 Å². The van der Waals surface area contributed by atoms with Crippen molar-refractivity contribution in [1.29, 1.82) is 0 Å². The van der Waals surface area contributed by atoms with Crippen LogP contribution in [-0.4, -0.2) is 42.6 Å². The molecule has 0 aromatic carbocycles. The minimum atomic E-state index is -1.01. The van der Waals surface area contributed by atoms with E-state index in [-0.39, 0.29) is 0 Å². The van der Waals surface area contributed by atoms with E-state index in [4.69, 9.17) is 12.2 Å². The van der Waals surface area contributed by atoms with Gasteiger partial charge in [0, 0.05) is 19.0 Å². The van der Waals surface area contributed by atoms with E-state index >= 15 is 0 Å². The Balaban J connectivity index is 2.68. The lowest BCUT2D eigenvalue weighted by Crippen LogP contribution is -2.54. The Morgan fingerprint density at radius 1 is 1.67 bits per heavy atom. The molecular weight excluding hydrogens is 212 g/mol. The number of hydrogen-bond acceptors (Lipinski definition) is 3. The highest BCUT2D eigenvalue weighted by molar-refractivity contribution is 7.80. The van der Waals surface area contributed by atoms with Gasteiger partial charge in [0.25, 0.3) is 0 Å². The van der Waals surface area contributed by atoms with Gasteiger partial charge in [-0.25, -0.2) is 0 Å². The van der Waals surface area contributed by atoms with Crippen LogP contribution in [0.25, 0.3) is 0 Å². The molecule has 4 nitrogen and oxygen atoms in total. The minimum absolute atomic E-state index is 0.354. The number of hydrogen-bond donors (Lipinski definition) is 1. The first kappa shape index (κ1) is 12.1. The van der Waals surface area contributed by atoms with E-state index in [2.05, 4.69) is 5.32 Å². The van der Waals surface area contributed by atoms with Crippen molar-refractivity contribution in [3.05, 3.63) is 11.8 Å². The molecule has 15 heavy (non-hydrogen) atoms. The van der Waals surface area contributed by atoms with Gasteiger partial charge < -0.3 is 19.7 Å². The Morgan fingerprint density at radius 2 is 2.27 bits per heavy atom. The molecule has 84 valence electrons. The third-order valence-electron chi connectivity index (χ3n) is 2.49. The van der Waals surface area contributed by atoms with Gasteiger partial charge in [-0.2, -0.15) is 0 Å². The molecule has 1 heterocycles. The van der Waals surface area contributed by atoms with Crippen LogP contribution in [0.15, 0.2) is 11.8 Å². The SMILES string of the molecule is C[N+](C)(C)[C@@H](CC1=CNC(=S)C1)C(=O)[O-]. The molecule has 0 radical (unpaired) electrons. The van der Waals surface area contributed by atoms with Gasteiger partial charge in [-0.1, -0.05) is 12.2 Å². The lowest BCUT2D eigenvalue weighted by molar-refractivity contribution is -0.889. The topological polar surface area (TPSA) is 52.2 Å². The molecule has 1 aliphatic rings. The number of rotatable bonds is 4. The molecule has 1 N–H and O–H groups in total. The zero-order valence-corrected chi connectivity index (χ0v) is 10.1. The molecule has 0 spiro atoms. The van der Waals surface area contributed by atoms with Crippen LogP contribution in [0.2, 0.25) is 0 Å². The van der Waals surface area contributed by atoms with Crippen molar-refractivity contribution in [2.75, 3.05) is 21.1 Å². The van der Waals surface area contributed by atoms with Gasteiger partial charge in [-0.15, -0.1) is 0 Å². The zero-order chi connectivity index (χ0) is 11.6. The lowest BCUT2D eigenvalue weighted by atomic mass is 10.0. The molecule has 5 heteroatoms. The Hall–Kier alpha value is -0.940. The summed E-state index contributed by atoms with van der Waals surface area (Å²) in [6.07, 6.45) is 2.95. The fraction of sp³-hybridized carbons (Fsp3) is 0.600. The van der Waals surface area contributed by atoms with E-state index < -0.39 is 12.0 Å². The second kappa shape index (κ2) is 4.28. The summed E-state index contributed by atoms with van der Waals surface area (Å²) in [5.74, 6) is -1.01. The van der Waals surface area contributed by atoms with E-state index in [0.29, 0.717) is 17.3 Å². The van der Waals surface area contributed by atoms with Crippen LogP contribution in [0.1, 0.15) is 12.8 Å². The Morgan fingerprint density at radius 3 is 2.60 bits per heavy atom. The Bertz CT molecular complexity index is 318. The first-order valence-electron chi connectivity index (χ1n) is 4.80. The van der Waals surface area contributed by atoms with Gasteiger partial charge in [0.05, 0.1) is 32.1 Å². The third-order valence-corrected chi connectivity index (χ3v) is 2.75. The van der Waals surface area contributed by atoms with Crippen LogP contribution < -0.4 is 10.4 Å². The number of carbonyl (C=O) groups is 1. The van der Waals surface area contributed by atoms with Crippen molar-refractivity contribution in [2.45, 2.75) is 18.9 Å². The van der Waals surface area contributed by atoms with E-state index in [9.17, 15) is 9.90 Å². The summed E-state index contributed by atoms with van der Waals surface area (Å²) >= 11 is 4.98. The summed E-state index contributed by atoms with van der Waals surface area (Å²) in [7, 11) is 5.55. The second-order valence-electron chi connectivity index (χ2n) is 4.70. The zero-order valence-electron chi connectivity index (χ0n) is 9.24. The molecule has 0 aromatic rings. The van der Waals surface area contributed by atoms with Crippen molar-refractivity contribution >= 4 is 23.2 Å². The van der Waals surface area contributed by atoms with Crippen LogP contribution in [-0.2, 0) is 4.79 Å². The van der Waals surface area contributed by atoms with E-state index in [0.717, 1.165) is 10.6 Å². The van der Waals surface area contributed by atoms with Crippen molar-refractivity contribution in [3.8, 4) is 0 Å². The van der Waals surface area contributed by atoms with Crippen molar-refractivity contribution < 1.29 is 14.4 Å². The lowest BCUT2D eigenvalue weighted by Gasteiger charge is -2.34. The molecule has 0 saturated carbocycles. The van der Waals surface area contributed by atoms with Crippen molar-refractivity contribution in [3.63, 3.8) is 0 Å². The largest absolute Gasteiger partial charge is 0.544 e. The quantitative estimate of drug-likeness (QED) is 0.516. The number of carbonyl (C=O) groups excluding carboxylic acids is 1. The predicted octanol–water partition coefficient (Wildman–Crippen LogP) is -0.594. The molecule has 0 unspecified atom stereocenters. The smallest absolute Gasteiger partial charge is 0.132 e. The van der Waals surface area contributed by atoms with Gasteiger partial charge in [-0.3, -0.25) is 0 Å². The summed E-state index contributed by atoms with van der Waals surface area (Å²) in [6.45, 7) is 0. The second-order valence-corrected chi connectivity index (χ2v) is 5.19. The van der Waals surface area contributed by atoms with Crippen LogP contribution in [0.4, 0.5) is 0 Å². The molecular formula is C10H16N2O2S. The highest BCUT2D eigenvalue weighted by Gasteiger charge is 2.27. The third kappa shape index (κ3) is 3.28. The van der Waals surface area contributed by atoms with Crippen molar-refractivity contribution in [2.24, 2.45) is 0 Å². The molecule has 0 amide bonds. The monoisotopic (exact) mass is 228 g/mol. The fourth-order valence-corrected chi connectivity index (χ4v) is 1.79. The van der Waals surface area contributed by atoms with Gasteiger partial charge >= 0.3 is 0 Å². The standard InChI is InChI=1S/C10H16N2O2S/c1-12(2,3)8(10(13)14)4-7-5-9(15)11-6-7/h6,8H,4-5H2,1-3H3,(H-,11,13,14,15)/t8-/m0/s1. The average Bonchev–Trinajstić information content (AvgIpc) is 2.44. The molecule has 1 atom stereocenters. The highest BCUT2D eigenvalue weighted by Crippen LogP contribution is 2.19. The number of nitrogens with one attached hydrogen (secondary N) is 1. The number of thiocarbonyl (C=S) groups is 1. The van der Waals surface area contributed by atoms with Crippen LogP contribution in [0.3, 0.4) is 0 Å². The summed E-state index contributed by atoms with van der Waals surface area (Å²) in [5, 5.41) is 13.9. The molecule has 0 saturated heterocycles. The van der Waals surface area contributed by atoms with Gasteiger partial charge in [0.15, 0.2) is 0 Å². The maximum atomic E-state index is 11.0. The van der Waals surface area contributed by atoms with Crippen LogP contribution in [0.5, 0.6) is 0 Å². The number of carboxylic acids is 1. The number of aliphatic carboxylic acids is 1. The first-order valence-corrected chi connectivity index (χ1v) is 5.21. The number of likely N-dealkylation sites (N-methyl/N-ethyl adjacent to an activating group) is 1. The summed E-state index contributed by atoms with van der Waals surface area (Å²) in [4.78, 5) is 11.8. The number of quaternary nitrogens is 1. The van der Waals surface area contributed by atoms with E-state index in [1.807, 2.05) is 21.1 Å². The van der Waals surface area contributed by atoms with Gasteiger partial charge in [0.1, 0.15) is 6.04 Å². The van der Waals surface area contributed by atoms with E-state index in [1.54, 1.807) is 6.20 Å². The van der Waals surface area contributed by atoms with Crippen molar-refractivity contribution in [1.82, 2.24) is 5.32 Å². The minimum Gasteiger partial charge on any atom is -0.544 e. The highest BCUT2D eigenvalue weighted by atomic mass is 32.1.